The second-order valence-corrected chi connectivity index (χ2v) is 4.80. The van der Waals surface area contributed by atoms with Gasteiger partial charge in [0, 0.05) is 13.1 Å². The summed E-state index contributed by atoms with van der Waals surface area (Å²) in [6.07, 6.45) is -0.0705. The highest BCUT2D eigenvalue weighted by atomic mass is 19.1. The lowest BCUT2D eigenvalue weighted by Gasteiger charge is -2.36. The lowest BCUT2D eigenvalue weighted by molar-refractivity contribution is -0.123. The van der Waals surface area contributed by atoms with Crippen molar-refractivity contribution < 1.29 is 14.3 Å². The zero-order chi connectivity index (χ0) is 14.0. The lowest BCUT2D eigenvalue weighted by atomic mass is 10.1. The number of halogens is 1. The highest BCUT2D eigenvalue weighted by molar-refractivity contribution is 5.86. The molecule has 0 aliphatic carbocycles. The van der Waals surface area contributed by atoms with Crippen LogP contribution in [0, 0.1) is 5.82 Å². The van der Waals surface area contributed by atoms with E-state index in [1.54, 1.807) is 24.0 Å². The van der Waals surface area contributed by atoms with Crippen LogP contribution in [0.1, 0.15) is 31.9 Å². The third-order valence-corrected chi connectivity index (χ3v) is 3.48. The topological polar surface area (TPSA) is 52.6 Å². The Bertz CT molecular complexity index is 477. The van der Waals surface area contributed by atoms with Crippen LogP contribution in [-0.4, -0.2) is 30.1 Å². The van der Waals surface area contributed by atoms with E-state index in [-0.39, 0.29) is 11.9 Å². The van der Waals surface area contributed by atoms with Crippen LogP contribution in [0.4, 0.5) is 10.1 Å². The van der Waals surface area contributed by atoms with Gasteiger partial charge in [0.15, 0.2) is 0 Å². The summed E-state index contributed by atoms with van der Waals surface area (Å²) in [6.45, 7) is 4.62. The molecule has 1 heterocycles. The minimum Gasteiger partial charge on any atom is -0.389 e. The van der Waals surface area contributed by atoms with E-state index in [9.17, 15) is 14.3 Å². The van der Waals surface area contributed by atoms with Crippen molar-refractivity contribution >= 4 is 11.6 Å². The molecule has 0 spiro atoms. The molecule has 2 rings (SSSR count). The summed E-state index contributed by atoms with van der Waals surface area (Å²) in [5.74, 6) is -0.459. The molecule has 19 heavy (non-hydrogen) atoms. The molecular weight excluding hydrogens is 247 g/mol. The maximum Gasteiger partial charge on any atom is 0.242 e. The van der Waals surface area contributed by atoms with Crippen LogP contribution in [0.25, 0.3) is 0 Å². The lowest BCUT2D eigenvalue weighted by Crippen LogP contribution is -2.55. The summed E-state index contributed by atoms with van der Waals surface area (Å²) in [5.41, 5.74) is 0.960. The van der Waals surface area contributed by atoms with Crippen molar-refractivity contribution in [1.82, 2.24) is 5.32 Å². The third-order valence-electron chi connectivity index (χ3n) is 3.48. The summed E-state index contributed by atoms with van der Waals surface area (Å²) in [7, 11) is 0. The molecule has 4 nitrogen and oxygen atoms in total. The Labute approximate surface area is 112 Å². The van der Waals surface area contributed by atoms with Crippen molar-refractivity contribution in [3.05, 3.63) is 29.6 Å². The fraction of sp³-hybridized carbons (Fsp3) is 0.500. The van der Waals surface area contributed by atoms with Crippen molar-refractivity contribution in [2.75, 3.05) is 18.0 Å². The van der Waals surface area contributed by atoms with E-state index in [1.807, 2.05) is 6.92 Å². The molecule has 0 bridgehead atoms. The van der Waals surface area contributed by atoms with Crippen molar-refractivity contribution in [2.45, 2.75) is 32.4 Å². The van der Waals surface area contributed by atoms with Gasteiger partial charge in [-0.2, -0.15) is 0 Å². The molecule has 1 amide bonds. The maximum absolute atomic E-state index is 14.1. The monoisotopic (exact) mass is 266 g/mol. The Morgan fingerprint density at radius 1 is 1.58 bits per heavy atom. The first-order valence-electron chi connectivity index (χ1n) is 6.56. The number of anilines is 1. The zero-order valence-corrected chi connectivity index (χ0v) is 11.2. The number of hydrogen-bond acceptors (Lipinski definition) is 3. The molecule has 1 aromatic rings. The molecule has 5 heteroatoms. The SMILES string of the molecule is CCC1C(=O)NCCN1c1ccc([C@@H](C)O)cc1F. The zero-order valence-electron chi connectivity index (χ0n) is 11.2. The molecule has 104 valence electrons. The van der Waals surface area contributed by atoms with Crippen molar-refractivity contribution in [1.29, 1.82) is 0 Å². The minimum atomic E-state index is -0.699. The standard InChI is InChI=1S/C14H19FN2O2/c1-3-12-14(19)16-6-7-17(12)13-5-4-10(9(2)18)8-11(13)15/h4-5,8-9,12,18H,3,6-7H2,1-2H3,(H,16,19)/t9-,12?/m1/s1. The summed E-state index contributed by atoms with van der Waals surface area (Å²) < 4.78 is 14.1. The van der Waals surface area contributed by atoms with Gasteiger partial charge in [-0.15, -0.1) is 0 Å². The number of aliphatic hydroxyl groups excluding tert-OH is 1. The molecule has 1 aliphatic rings. The number of nitrogens with one attached hydrogen (secondary N) is 1. The average Bonchev–Trinajstić information content (AvgIpc) is 2.38. The number of benzene rings is 1. The number of carbonyl (C=O) groups is 1. The van der Waals surface area contributed by atoms with Gasteiger partial charge >= 0.3 is 0 Å². The molecule has 2 N–H and O–H groups in total. The Balaban J connectivity index is 2.32. The van der Waals surface area contributed by atoms with E-state index in [1.165, 1.54) is 6.07 Å². The van der Waals surface area contributed by atoms with Gasteiger partial charge < -0.3 is 15.3 Å². The predicted molar refractivity (Wildman–Crippen MR) is 71.5 cm³/mol. The van der Waals surface area contributed by atoms with Crippen LogP contribution in [0.15, 0.2) is 18.2 Å². The van der Waals surface area contributed by atoms with Crippen LogP contribution in [-0.2, 0) is 4.79 Å². The first-order valence-corrected chi connectivity index (χ1v) is 6.56. The number of nitrogens with zero attached hydrogens (tertiary/aromatic N) is 1. The van der Waals surface area contributed by atoms with E-state index < -0.39 is 11.9 Å². The van der Waals surface area contributed by atoms with Gasteiger partial charge in [-0.1, -0.05) is 13.0 Å². The molecule has 2 atom stereocenters. The first kappa shape index (κ1) is 13.8. The Morgan fingerprint density at radius 2 is 2.32 bits per heavy atom. The summed E-state index contributed by atoms with van der Waals surface area (Å²) in [4.78, 5) is 13.6. The van der Waals surface area contributed by atoms with E-state index in [0.29, 0.717) is 30.8 Å². The van der Waals surface area contributed by atoms with Crippen molar-refractivity contribution in [2.24, 2.45) is 0 Å². The van der Waals surface area contributed by atoms with Crippen LogP contribution in [0.3, 0.4) is 0 Å². The van der Waals surface area contributed by atoms with Crippen molar-refractivity contribution in [3.63, 3.8) is 0 Å². The number of aliphatic hydroxyl groups is 1. The molecule has 1 unspecified atom stereocenters. The maximum atomic E-state index is 14.1. The van der Waals surface area contributed by atoms with Gasteiger partial charge in [-0.05, 0) is 31.0 Å². The Kier molecular flexibility index (Phi) is 4.04. The number of amides is 1. The minimum absolute atomic E-state index is 0.0623. The van der Waals surface area contributed by atoms with Gasteiger partial charge in [-0.25, -0.2) is 4.39 Å². The van der Waals surface area contributed by atoms with E-state index in [2.05, 4.69) is 5.32 Å². The van der Waals surface area contributed by atoms with Crippen LogP contribution in [0.5, 0.6) is 0 Å². The van der Waals surface area contributed by atoms with Gasteiger partial charge in [0.05, 0.1) is 11.8 Å². The smallest absolute Gasteiger partial charge is 0.242 e. The molecule has 0 aromatic heterocycles. The molecule has 0 radical (unpaired) electrons. The average molecular weight is 266 g/mol. The second kappa shape index (κ2) is 5.57. The van der Waals surface area contributed by atoms with E-state index in [4.69, 9.17) is 0 Å². The Hall–Kier alpha value is -1.62. The Morgan fingerprint density at radius 3 is 2.89 bits per heavy atom. The largest absolute Gasteiger partial charge is 0.389 e. The number of hydrogen-bond donors (Lipinski definition) is 2. The van der Waals surface area contributed by atoms with E-state index >= 15 is 0 Å². The molecule has 1 saturated heterocycles. The number of rotatable bonds is 3. The van der Waals surface area contributed by atoms with Gasteiger partial charge in [0.2, 0.25) is 5.91 Å². The van der Waals surface area contributed by atoms with Crippen LogP contribution < -0.4 is 10.2 Å². The normalized spacial score (nSPS) is 21.2. The first-order chi connectivity index (χ1) is 9.04. The molecule has 1 aliphatic heterocycles. The fourth-order valence-corrected chi connectivity index (χ4v) is 2.42. The van der Waals surface area contributed by atoms with E-state index in [0.717, 1.165) is 0 Å². The van der Waals surface area contributed by atoms with Crippen molar-refractivity contribution in [3.8, 4) is 0 Å². The molecular formula is C14H19FN2O2. The van der Waals surface area contributed by atoms with Crippen LogP contribution >= 0.6 is 0 Å². The summed E-state index contributed by atoms with van der Waals surface area (Å²) in [5, 5.41) is 12.2. The van der Waals surface area contributed by atoms with Gasteiger partial charge in [0.1, 0.15) is 11.9 Å². The molecule has 1 fully saturated rings. The highest BCUT2D eigenvalue weighted by Gasteiger charge is 2.29. The molecule has 0 saturated carbocycles. The highest BCUT2D eigenvalue weighted by Crippen LogP contribution is 2.26. The van der Waals surface area contributed by atoms with Gasteiger partial charge in [-0.3, -0.25) is 4.79 Å². The quantitative estimate of drug-likeness (QED) is 0.873. The van der Waals surface area contributed by atoms with Crippen LogP contribution in [0.2, 0.25) is 0 Å². The molecule has 1 aromatic carbocycles. The number of carbonyl (C=O) groups excluding carboxylic acids is 1. The fourth-order valence-electron chi connectivity index (χ4n) is 2.42. The summed E-state index contributed by atoms with van der Waals surface area (Å²) in [6, 6.07) is 4.33. The third kappa shape index (κ3) is 2.71. The second-order valence-electron chi connectivity index (χ2n) is 4.80. The summed E-state index contributed by atoms with van der Waals surface area (Å²) >= 11 is 0. The van der Waals surface area contributed by atoms with Gasteiger partial charge in [0.25, 0.3) is 0 Å². The predicted octanol–water partition coefficient (Wildman–Crippen LogP) is 1.59. The number of piperazine rings is 1.